The number of rotatable bonds is 5. The quantitative estimate of drug-likeness (QED) is 0.479. The molecule has 4 rings (SSSR count). The topological polar surface area (TPSA) is 88.2 Å². The Morgan fingerprint density at radius 2 is 1.79 bits per heavy atom. The summed E-state index contributed by atoms with van der Waals surface area (Å²) in [6, 6.07) is 20.2. The Bertz CT molecular complexity index is 1120. The lowest BCUT2D eigenvalue weighted by molar-refractivity contribution is -0.115. The number of thioether (sulfide) groups is 1. The average molecular weight is 391 g/mol. The monoisotopic (exact) mass is 391 g/mol. The molecule has 0 aliphatic heterocycles. The summed E-state index contributed by atoms with van der Waals surface area (Å²) in [5.74, 6) is 0.353. The molecule has 0 unspecified atom stereocenters. The van der Waals surface area contributed by atoms with Crippen LogP contribution in [0.1, 0.15) is 6.92 Å². The highest BCUT2D eigenvalue weighted by atomic mass is 32.2. The van der Waals surface area contributed by atoms with E-state index >= 15 is 0 Å². The van der Waals surface area contributed by atoms with E-state index < -0.39 is 5.25 Å². The van der Waals surface area contributed by atoms with Crippen LogP contribution in [0.5, 0.6) is 5.75 Å². The van der Waals surface area contributed by atoms with Gasteiger partial charge in [-0.15, -0.1) is 10.2 Å². The molecule has 0 aliphatic carbocycles. The van der Waals surface area contributed by atoms with Gasteiger partial charge in [0.1, 0.15) is 5.75 Å². The highest BCUT2D eigenvalue weighted by Gasteiger charge is 2.19. The van der Waals surface area contributed by atoms with Crippen LogP contribution in [-0.2, 0) is 4.79 Å². The molecule has 2 N–H and O–H groups in total. The zero-order chi connectivity index (χ0) is 19.5. The van der Waals surface area contributed by atoms with E-state index in [4.69, 9.17) is 4.42 Å². The van der Waals surface area contributed by atoms with Gasteiger partial charge in [0.25, 0.3) is 5.22 Å². The molecular formula is C21H17N3O3S. The number of phenolic OH excluding ortho intramolecular Hbond substituents is 1. The first-order valence-electron chi connectivity index (χ1n) is 8.68. The number of aromatic nitrogens is 2. The number of benzene rings is 3. The molecule has 1 aromatic heterocycles. The van der Waals surface area contributed by atoms with Gasteiger partial charge in [0.2, 0.25) is 11.8 Å². The predicted molar refractivity (Wildman–Crippen MR) is 109 cm³/mol. The van der Waals surface area contributed by atoms with Crippen molar-refractivity contribution >= 4 is 34.1 Å². The molecule has 3 aromatic carbocycles. The van der Waals surface area contributed by atoms with Gasteiger partial charge < -0.3 is 14.8 Å². The van der Waals surface area contributed by atoms with Gasteiger partial charge in [-0.05, 0) is 42.6 Å². The third-order valence-electron chi connectivity index (χ3n) is 4.22. The summed E-state index contributed by atoms with van der Waals surface area (Å²) in [5.41, 5.74) is 1.47. The van der Waals surface area contributed by atoms with Crippen molar-refractivity contribution in [1.82, 2.24) is 10.2 Å². The van der Waals surface area contributed by atoms with E-state index in [9.17, 15) is 9.90 Å². The third kappa shape index (κ3) is 3.84. The Morgan fingerprint density at radius 1 is 1.04 bits per heavy atom. The molecule has 1 amide bonds. The van der Waals surface area contributed by atoms with E-state index in [0.717, 1.165) is 16.5 Å². The number of carbonyl (C=O) groups is 1. The van der Waals surface area contributed by atoms with Crippen LogP contribution in [-0.4, -0.2) is 26.5 Å². The predicted octanol–water partition coefficient (Wildman–Crippen LogP) is 4.71. The van der Waals surface area contributed by atoms with Crippen LogP contribution in [0.15, 0.2) is 76.4 Å². The van der Waals surface area contributed by atoms with Crippen LogP contribution < -0.4 is 5.32 Å². The van der Waals surface area contributed by atoms with Gasteiger partial charge in [-0.2, -0.15) is 0 Å². The molecule has 4 aromatic rings. The second-order valence-corrected chi connectivity index (χ2v) is 7.49. The van der Waals surface area contributed by atoms with Gasteiger partial charge in [0.05, 0.1) is 5.25 Å². The average Bonchev–Trinajstić information content (AvgIpc) is 3.17. The SMILES string of the molecule is C[C@@H](Sc1nnc(-c2ccc(O)cc2)o1)C(=O)Nc1cccc2ccccc12. The van der Waals surface area contributed by atoms with Crippen LogP contribution in [0.25, 0.3) is 22.2 Å². The molecule has 7 heteroatoms. The molecule has 1 heterocycles. The minimum Gasteiger partial charge on any atom is -0.508 e. The second-order valence-electron chi connectivity index (χ2n) is 6.20. The second kappa shape index (κ2) is 7.74. The van der Waals surface area contributed by atoms with E-state index in [-0.39, 0.29) is 11.7 Å². The van der Waals surface area contributed by atoms with E-state index in [1.165, 1.54) is 11.8 Å². The maximum absolute atomic E-state index is 12.6. The molecule has 0 radical (unpaired) electrons. The molecule has 28 heavy (non-hydrogen) atoms. The first-order chi connectivity index (χ1) is 13.6. The summed E-state index contributed by atoms with van der Waals surface area (Å²) >= 11 is 1.19. The molecule has 0 fully saturated rings. The zero-order valence-corrected chi connectivity index (χ0v) is 15.8. The number of hydrogen-bond donors (Lipinski definition) is 2. The van der Waals surface area contributed by atoms with Crippen molar-refractivity contribution in [3.05, 3.63) is 66.7 Å². The van der Waals surface area contributed by atoms with Crippen molar-refractivity contribution in [3.63, 3.8) is 0 Å². The van der Waals surface area contributed by atoms with Crippen molar-refractivity contribution in [2.75, 3.05) is 5.32 Å². The summed E-state index contributed by atoms with van der Waals surface area (Å²) in [4.78, 5) is 12.6. The van der Waals surface area contributed by atoms with Crippen LogP contribution in [0.3, 0.4) is 0 Å². The third-order valence-corrected chi connectivity index (χ3v) is 5.15. The lowest BCUT2D eigenvalue weighted by atomic mass is 10.1. The minimum atomic E-state index is -0.424. The normalized spacial score (nSPS) is 12.0. The molecule has 0 spiro atoms. The molecule has 0 saturated carbocycles. The van der Waals surface area contributed by atoms with Crippen molar-refractivity contribution in [2.24, 2.45) is 0 Å². The standard InChI is InChI=1S/C21H17N3O3S/c1-13(19(26)22-18-8-4-6-14-5-2-3-7-17(14)18)28-21-24-23-20(27-21)15-9-11-16(25)12-10-15/h2-13,25H,1H3,(H,22,26)/t13-/m1/s1. The van der Waals surface area contributed by atoms with Crippen molar-refractivity contribution in [1.29, 1.82) is 0 Å². The van der Waals surface area contributed by atoms with E-state index in [1.807, 2.05) is 42.5 Å². The van der Waals surface area contributed by atoms with Crippen LogP contribution in [0, 0.1) is 0 Å². The minimum absolute atomic E-state index is 0.147. The zero-order valence-electron chi connectivity index (χ0n) is 15.0. The van der Waals surface area contributed by atoms with Crippen molar-refractivity contribution in [2.45, 2.75) is 17.4 Å². The largest absolute Gasteiger partial charge is 0.508 e. The molecule has 0 saturated heterocycles. The maximum Gasteiger partial charge on any atom is 0.277 e. The molecule has 1 atom stereocenters. The summed E-state index contributed by atoms with van der Waals surface area (Å²) in [6.07, 6.45) is 0. The number of carbonyl (C=O) groups excluding carboxylic acids is 1. The van der Waals surface area contributed by atoms with Crippen LogP contribution in [0.2, 0.25) is 0 Å². The molecule has 140 valence electrons. The summed E-state index contributed by atoms with van der Waals surface area (Å²) in [7, 11) is 0. The van der Waals surface area contributed by atoms with Crippen LogP contribution >= 0.6 is 11.8 Å². The summed E-state index contributed by atoms with van der Waals surface area (Å²) < 4.78 is 5.63. The fourth-order valence-corrected chi connectivity index (χ4v) is 3.44. The Balaban J connectivity index is 1.45. The Labute approximate surface area is 165 Å². The number of phenols is 1. The van der Waals surface area contributed by atoms with Gasteiger partial charge in [-0.25, -0.2) is 0 Å². The molecule has 0 bridgehead atoms. The first kappa shape index (κ1) is 18.1. The van der Waals surface area contributed by atoms with Gasteiger partial charge in [-0.1, -0.05) is 48.2 Å². The highest BCUT2D eigenvalue weighted by Crippen LogP contribution is 2.28. The Hall–Kier alpha value is -3.32. The van der Waals surface area contributed by atoms with E-state index in [2.05, 4.69) is 15.5 Å². The number of amides is 1. The summed E-state index contributed by atoms with van der Waals surface area (Å²) in [6.45, 7) is 1.79. The number of aromatic hydroxyl groups is 1. The van der Waals surface area contributed by atoms with Crippen LogP contribution in [0.4, 0.5) is 5.69 Å². The first-order valence-corrected chi connectivity index (χ1v) is 9.56. The van der Waals surface area contributed by atoms with Gasteiger partial charge in [-0.3, -0.25) is 4.79 Å². The van der Waals surface area contributed by atoms with E-state index in [1.54, 1.807) is 31.2 Å². The highest BCUT2D eigenvalue weighted by molar-refractivity contribution is 8.00. The summed E-state index contributed by atoms with van der Waals surface area (Å²) in [5, 5.41) is 22.3. The smallest absolute Gasteiger partial charge is 0.277 e. The number of hydrogen-bond acceptors (Lipinski definition) is 6. The van der Waals surface area contributed by atoms with Crippen molar-refractivity contribution in [3.8, 4) is 17.2 Å². The number of anilines is 1. The van der Waals surface area contributed by atoms with Gasteiger partial charge in [0, 0.05) is 16.6 Å². The number of nitrogens with one attached hydrogen (secondary N) is 1. The lowest BCUT2D eigenvalue weighted by Gasteiger charge is -2.12. The Kier molecular flexibility index (Phi) is 4.99. The van der Waals surface area contributed by atoms with Gasteiger partial charge >= 0.3 is 0 Å². The molecule has 6 nitrogen and oxygen atoms in total. The van der Waals surface area contributed by atoms with Crippen molar-refractivity contribution < 1.29 is 14.3 Å². The van der Waals surface area contributed by atoms with Gasteiger partial charge in [0.15, 0.2) is 0 Å². The van der Waals surface area contributed by atoms with E-state index in [0.29, 0.717) is 16.7 Å². The fraction of sp³-hybridized carbons (Fsp3) is 0.0952. The maximum atomic E-state index is 12.6. The Morgan fingerprint density at radius 3 is 2.61 bits per heavy atom. The fourth-order valence-electron chi connectivity index (χ4n) is 2.75. The molecule has 0 aliphatic rings. The molecular weight excluding hydrogens is 374 g/mol. The number of fused-ring (bicyclic) bond motifs is 1. The number of nitrogens with zero attached hydrogens (tertiary/aromatic N) is 2. The lowest BCUT2D eigenvalue weighted by Crippen LogP contribution is -2.22.